The molecule has 7 heteroatoms. The fraction of sp³-hybridized carbons (Fsp3) is 0.346. The van der Waals surface area contributed by atoms with Gasteiger partial charge < -0.3 is 9.32 Å². The van der Waals surface area contributed by atoms with Crippen molar-refractivity contribution in [1.82, 2.24) is 4.57 Å². The van der Waals surface area contributed by atoms with E-state index in [1.54, 1.807) is 39.0 Å². The fourth-order valence-corrected chi connectivity index (χ4v) is 4.60. The number of ketones is 1. The van der Waals surface area contributed by atoms with Crippen LogP contribution in [0.4, 0.5) is 5.69 Å². The van der Waals surface area contributed by atoms with E-state index in [0.717, 1.165) is 35.7 Å². The molecule has 0 fully saturated rings. The first-order valence-corrected chi connectivity index (χ1v) is 11.8. The Labute approximate surface area is 197 Å². The summed E-state index contributed by atoms with van der Waals surface area (Å²) in [5, 5.41) is 9.83. The van der Waals surface area contributed by atoms with Gasteiger partial charge in [-0.1, -0.05) is 32.9 Å². The molecular weight excluding hydrogens is 434 g/mol. The first-order chi connectivity index (χ1) is 15.7. The zero-order valence-electron chi connectivity index (χ0n) is 19.7. The first kappa shape index (κ1) is 24.3. The van der Waals surface area contributed by atoms with Crippen LogP contribution >= 0.6 is 11.3 Å². The lowest BCUT2D eigenvalue weighted by molar-refractivity contribution is -0.120. The van der Waals surface area contributed by atoms with E-state index >= 15 is 0 Å². The molecule has 33 heavy (non-hydrogen) atoms. The van der Waals surface area contributed by atoms with Crippen molar-refractivity contribution in [3.05, 3.63) is 73.5 Å². The van der Waals surface area contributed by atoms with Gasteiger partial charge in [0.05, 0.1) is 17.3 Å². The van der Waals surface area contributed by atoms with Crippen LogP contribution in [0.5, 0.6) is 0 Å². The van der Waals surface area contributed by atoms with Gasteiger partial charge in [-0.25, -0.2) is 0 Å². The van der Waals surface area contributed by atoms with Gasteiger partial charge in [0.2, 0.25) is 0 Å². The predicted octanol–water partition coefficient (Wildman–Crippen LogP) is 3.52. The zero-order chi connectivity index (χ0) is 24.2. The Morgan fingerprint density at radius 1 is 1.18 bits per heavy atom. The van der Waals surface area contributed by atoms with Crippen LogP contribution in [0.3, 0.4) is 0 Å². The molecule has 3 rings (SSSR count). The monoisotopic (exact) mass is 463 g/mol. The molecule has 0 radical (unpaired) electrons. The van der Waals surface area contributed by atoms with Crippen LogP contribution in [0, 0.1) is 16.7 Å². The maximum absolute atomic E-state index is 13.3. The van der Waals surface area contributed by atoms with Crippen molar-refractivity contribution in [3.63, 3.8) is 0 Å². The Morgan fingerprint density at radius 3 is 2.36 bits per heavy atom. The SMILES string of the molecule is CCN(CC)c1ccc(C=c2sc(=C(C#N)C(=O)C(C)(C)C)n(Cc3ccco3)c2=O)cc1. The van der Waals surface area contributed by atoms with Gasteiger partial charge in [0, 0.05) is 24.2 Å². The largest absolute Gasteiger partial charge is 0.467 e. The molecule has 0 atom stereocenters. The van der Waals surface area contributed by atoms with E-state index in [4.69, 9.17) is 4.42 Å². The predicted molar refractivity (Wildman–Crippen MR) is 133 cm³/mol. The van der Waals surface area contributed by atoms with Gasteiger partial charge >= 0.3 is 0 Å². The first-order valence-electron chi connectivity index (χ1n) is 11.0. The van der Waals surface area contributed by atoms with E-state index in [9.17, 15) is 14.9 Å². The van der Waals surface area contributed by atoms with Gasteiger partial charge in [-0.3, -0.25) is 14.2 Å². The van der Waals surface area contributed by atoms with E-state index in [2.05, 4.69) is 18.7 Å². The van der Waals surface area contributed by atoms with Gasteiger partial charge in [0.25, 0.3) is 5.56 Å². The summed E-state index contributed by atoms with van der Waals surface area (Å²) in [7, 11) is 0. The number of hydrogen-bond donors (Lipinski definition) is 0. The molecule has 0 amide bonds. The lowest BCUT2D eigenvalue weighted by atomic mass is 9.87. The van der Waals surface area contributed by atoms with Gasteiger partial charge in [-0.2, -0.15) is 5.26 Å². The Hall–Kier alpha value is -3.37. The average molecular weight is 464 g/mol. The molecule has 0 unspecified atom stereocenters. The van der Waals surface area contributed by atoms with Crippen LogP contribution in [-0.4, -0.2) is 23.4 Å². The zero-order valence-corrected chi connectivity index (χ0v) is 20.5. The Balaban J connectivity index is 2.20. The quantitative estimate of drug-likeness (QED) is 0.536. The average Bonchev–Trinajstić information content (AvgIpc) is 3.40. The Bertz CT molecular complexity index is 1330. The van der Waals surface area contributed by atoms with Gasteiger partial charge in [-0.15, -0.1) is 11.3 Å². The highest BCUT2D eigenvalue weighted by atomic mass is 32.1. The van der Waals surface area contributed by atoms with Crippen molar-refractivity contribution in [1.29, 1.82) is 5.26 Å². The van der Waals surface area contributed by atoms with Crippen LogP contribution in [0.25, 0.3) is 11.6 Å². The van der Waals surface area contributed by atoms with E-state index in [1.807, 2.05) is 30.3 Å². The molecule has 0 N–H and O–H groups in total. The number of nitriles is 1. The topological polar surface area (TPSA) is 79.2 Å². The number of carbonyl (C=O) groups excluding carboxylic acids is 1. The van der Waals surface area contributed by atoms with Crippen molar-refractivity contribution in [2.75, 3.05) is 18.0 Å². The standard InChI is InChI=1S/C26H29N3O3S/c1-6-28(7-2)19-12-10-18(11-13-19)15-22-24(31)29(17-20-9-8-14-32-20)25(33-22)21(16-27)23(30)26(3,4)5/h8-15H,6-7,17H2,1-5H3. The van der Waals surface area contributed by atoms with E-state index in [0.29, 0.717) is 15.0 Å². The van der Waals surface area contributed by atoms with Crippen LogP contribution in [0.1, 0.15) is 45.9 Å². The number of rotatable bonds is 7. The second-order valence-electron chi connectivity index (χ2n) is 8.72. The molecule has 0 spiro atoms. The van der Waals surface area contributed by atoms with Gasteiger partial charge in [0.1, 0.15) is 22.1 Å². The molecule has 0 saturated carbocycles. The van der Waals surface area contributed by atoms with Crippen molar-refractivity contribution in [3.8, 4) is 6.07 Å². The van der Waals surface area contributed by atoms with Crippen molar-refractivity contribution in [2.45, 2.75) is 41.2 Å². The van der Waals surface area contributed by atoms with Crippen molar-refractivity contribution >= 4 is 34.5 Å². The molecule has 0 aliphatic rings. The summed E-state index contributed by atoms with van der Waals surface area (Å²) < 4.78 is 7.70. The summed E-state index contributed by atoms with van der Waals surface area (Å²) in [5.41, 5.74) is 0.989. The third-order valence-corrected chi connectivity index (χ3v) is 6.49. The van der Waals surface area contributed by atoms with Crippen molar-refractivity contribution < 1.29 is 9.21 Å². The second kappa shape index (κ2) is 10.1. The Kier molecular flexibility index (Phi) is 7.39. The summed E-state index contributed by atoms with van der Waals surface area (Å²) in [4.78, 5) is 28.6. The van der Waals surface area contributed by atoms with Gasteiger partial charge in [-0.05, 0) is 49.8 Å². The van der Waals surface area contributed by atoms with Crippen molar-refractivity contribution in [2.24, 2.45) is 5.41 Å². The molecule has 2 heterocycles. The minimum atomic E-state index is -0.745. The van der Waals surface area contributed by atoms with E-state index in [-0.39, 0.29) is 23.5 Å². The Morgan fingerprint density at radius 2 is 1.85 bits per heavy atom. The molecule has 0 saturated heterocycles. The summed E-state index contributed by atoms with van der Waals surface area (Å²) in [6.07, 6.45) is 3.34. The summed E-state index contributed by atoms with van der Waals surface area (Å²) in [6, 6.07) is 13.6. The number of furan rings is 1. The smallest absolute Gasteiger partial charge is 0.269 e. The number of anilines is 1. The maximum Gasteiger partial charge on any atom is 0.269 e. The van der Waals surface area contributed by atoms with Crippen LogP contribution in [0.2, 0.25) is 0 Å². The maximum atomic E-state index is 13.3. The highest BCUT2D eigenvalue weighted by molar-refractivity contribution is 7.07. The normalized spacial score (nSPS) is 13.0. The van der Waals surface area contributed by atoms with Crippen LogP contribution < -0.4 is 19.7 Å². The molecule has 6 nitrogen and oxygen atoms in total. The highest BCUT2D eigenvalue weighted by Gasteiger charge is 2.27. The second-order valence-corrected chi connectivity index (χ2v) is 9.75. The van der Waals surface area contributed by atoms with Crippen LogP contribution in [-0.2, 0) is 11.3 Å². The van der Waals surface area contributed by atoms with Crippen LogP contribution in [0.15, 0.2) is 51.9 Å². The summed E-state index contributed by atoms with van der Waals surface area (Å²) >= 11 is 1.16. The van der Waals surface area contributed by atoms with E-state index in [1.165, 1.54) is 10.8 Å². The minimum absolute atomic E-state index is 0.00677. The molecule has 2 aromatic heterocycles. The number of thiazole rings is 1. The summed E-state index contributed by atoms with van der Waals surface area (Å²) in [5.74, 6) is 0.279. The third-order valence-electron chi connectivity index (χ3n) is 5.36. The third kappa shape index (κ3) is 5.35. The molecular formula is C26H29N3O3S. The minimum Gasteiger partial charge on any atom is -0.467 e. The molecule has 0 aliphatic carbocycles. The molecule has 1 aromatic carbocycles. The molecule has 0 bridgehead atoms. The number of benzene rings is 1. The summed E-state index contributed by atoms with van der Waals surface area (Å²) in [6.45, 7) is 11.5. The highest BCUT2D eigenvalue weighted by Crippen LogP contribution is 2.20. The molecule has 3 aromatic rings. The number of aromatic nitrogens is 1. The lowest BCUT2D eigenvalue weighted by Gasteiger charge is -2.20. The van der Waals surface area contributed by atoms with Gasteiger partial charge in [0.15, 0.2) is 5.78 Å². The molecule has 172 valence electrons. The lowest BCUT2D eigenvalue weighted by Crippen LogP contribution is -2.34. The number of Topliss-reactive ketones (excluding diaryl/α,β-unsaturated/α-hetero) is 1. The number of hydrogen-bond acceptors (Lipinski definition) is 6. The van der Waals surface area contributed by atoms with E-state index < -0.39 is 5.41 Å². The number of carbonyl (C=O) groups is 1. The fourth-order valence-electron chi connectivity index (χ4n) is 3.50. The molecule has 0 aliphatic heterocycles. The number of nitrogens with zero attached hydrogens (tertiary/aromatic N) is 3.